The van der Waals surface area contributed by atoms with Crippen molar-refractivity contribution in [1.82, 2.24) is 10.2 Å². The highest BCUT2D eigenvalue weighted by atomic mass is 32.2. The normalized spacial score (nSPS) is 18.0. The first-order chi connectivity index (χ1) is 12.9. The number of hydrogen-bond donors (Lipinski definition) is 1. The van der Waals surface area contributed by atoms with E-state index in [1.165, 1.54) is 16.9 Å². The van der Waals surface area contributed by atoms with Crippen LogP contribution >= 0.6 is 23.1 Å². The zero-order valence-corrected chi connectivity index (χ0v) is 17.6. The molecule has 2 atom stereocenters. The van der Waals surface area contributed by atoms with Gasteiger partial charge in [0.05, 0.1) is 5.92 Å². The van der Waals surface area contributed by atoms with E-state index < -0.39 is 0 Å². The fourth-order valence-electron chi connectivity index (χ4n) is 2.80. The van der Waals surface area contributed by atoms with Crippen LogP contribution < -0.4 is 10.2 Å². The molecule has 144 valence electrons. The Morgan fingerprint density at radius 1 is 1.37 bits per heavy atom. The van der Waals surface area contributed by atoms with Crippen LogP contribution in [0.1, 0.15) is 37.8 Å². The van der Waals surface area contributed by atoms with E-state index in [4.69, 9.17) is 0 Å². The predicted molar refractivity (Wildman–Crippen MR) is 111 cm³/mol. The number of nitrogens with one attached hydrogen (secondary N) is 1. The first-order valence-electron chi connectivity index (χ1n) is 9.06. The Morgan fingerprint density at radius 2 is 2.15 bits per heavy atom. The number of carbonyl (C=O) groups excluding carboxylic acids is 2. The van der Waals surface area contributed by atoms with Crippen LogP contribution in [0, 0.1) is 19.8 Å². The Hall–Kier alpha value is -1.93. The van der Waals surface area contributed by atoms with Gasteiger partial charge in [0.25, 0.3) is 0 Å². The molecule has 8 heteroatoms. The molecule has 2 amide bonds. The number of aryl methyl sites for hydroxylation is 2. The summed E-state index contributed by atoms with van der Waals surface area (Å²) in [4.78, 5) is 26.7. The molecular formula is C19H24N4O2S2. The number of carbonyl (C=O) groups is 2. The van der Waals surface area contributed by atoms with Crippen molar-refractivity contribution in [3.63, 3.8) is 0 Å². The lowest BCUT2D eigenvalue weighted by Gasteiger charge is -2.17. The van der Waals surface area contributed by atoms with Crippen molar-refractivity contribution in [2.75, 3.05) is 16.8 Å². The van der Waals surface area contributed by atoms with Crippen LogP contribution in [0.3, 0.4) is 0 Å². The van der Waals surface area contributed by atoms with Gasteiger partial charge < -0.3 is 10.2 Å². The molecule has 6 nitrogen and oxygen atoms in total. The third-order valence-electron chi connectivity index (χ3n) is 4.81. The second-order valence-electron chi connectivity index (χ2n) is 6.87. The highest BCUT2D eigenvalue weighted by Gasteiger charge is 2.35. The molecule has 1 N–H and O–H groups in total. The van der Waals surface area contributed by atoms with Gasteiger partial charge in [0.2, 0.25) is 16.9 Å². The molecule has 1 aliphatic rings. The number of nitrogens with zero attached hydrogens (tertiary/aromatic N) is 3. The summed E-state index contributed by atoms with van der Waals surface area (Å²) < 4.78 is 0.846. The number of aromatic nitrogens is 2. The molecule has 2 heterocycles. The number of hydrogen-bond acceptors (Lipinski definition) is 6. The summed E-state index contributed by atoms with van der Waals surface area (Å²) >= 11 is 3.03. The Morgan fingerprint density at radius 3 is 2.85 bits per heavy atom. The van der Waals surface area contributed by atoms with E-state index in [9.17, 15) is 9.59 Å². The van der Waals surface area contributed by atoms with Gasteiger partial charge in [0, 0.05) is 23.9 Å². The minimum Gasteiger partial charge on any atom is -0.312 e. The average molecular weight is 405 g/mol. The predicted octanol–water partition coefficient (Wildman–Crippen LogP) is 4.04. The van der Waals surface area contributed by atoms with Gasteiger partial charge in [-0.2, -0.15) is 0 Å². The smallest absolute Gasteiger partial charge is 0.231 e. The van der Waals surface area contributed by atoms with Crippen LogP contribution in [0.5, 0.6) is 0 Å². The van der Waals surface area contributed by atoms with Crippen molar-refractivity contribution in [2.45, 2.75) is 50.1 Å². The molecule has 0 unspecified atom stereocenters. The van der Waals surface area contributed by atoms with Crippen molar-refractivity contribution in [3.8, 4) is 0 Å². The lowest BCUT2D eigenvalue weighted by Crippen LogP contribution is -2.28. The van der Waals surface area contributed by atoms with E-state index in [1.807, 2.05) is 32.0 Å². The lowest BCUT2D eigenvalue weighted by molar-refractivity contribution is -0.122. The molecule has 0 radical (unpaired) electrons. The zero-order chi connectivity index (χ0) is 19.6. The molecule has 1 aliphatic heterocycles. The second kappa shape index (κ2) is 8.39. The van der Waals surface area contributed by atoms with Crippen molar-refractivity contribution >= 4 is 45.7 Å². The van der Waals surface area contributed by atoms with Crippen LogP contribution in [0.4, 0.5) is 10.8 Å². The highest BCUT2D eigenvalue weighted by Crippen LogP contribution is 2.31. The molecule has 2 aromatic rings. The SMILES string of the molecule is CC[C@H](C)Sc1nnc(NC(=O)[C@@H]2CC(=O)N(c3ccc(C)c(C)c3)C2)s1. The van der Waals surface area contributed by atoms with Crippen molar-refractivity contribution in [2.24, 2.45) is 5.92 Å². The quantitative estimate of drug-likeness (QED) is 0.581. The highest BCUT2D eigenvalue weighted by molar-refractivity contribution is 8.01. The summed E-state index contributed by atoms with van der Waals surface area (Å²) in [5, 5.41) is 11.9. The number of benzene rings is 1. The molecule has 0 spiro atoms. The van der Waals surface area contributed by atoms with Gasteiger partial charge in [-0.05, 0) is 43.5 Å². The molecule has 27 heavy (non-hydrogen) atoms. The molecule has 1 aromatic heterocycles. The van der Waals surface area contributed by atoms with Gasteiger partial charge in [-0.15, -0.1) is 10.2 Å². The van der Waals surface area contributed by atoms with Crippen LogP contribution in [0.15, 0.2) is 22.5 Å². The summed E-state index contributed by atoms with van der Waals surface area (Å²) in [7, 11) is 0. The zero-order valence-electron chi connectivity index (χ0n) is 16.0. The summed E-state index contributed by atoms with van der Waals surface area (Å²) in [6.07, 6.45) is 1.26. The Labute approximate surface area is 167 Å². The Bertz CT molecular complexity index is 852. The van der Waals surface area contributed by atoms with Crippen LogP contribution in [-0.4, -0.2) is 33.8 Å². The van der Waals surface area contributed by atoms with Gasteiger partial charge in [-0.3, -0.25) is 9.59 Å². The van der Waals surface area contributed by atoms with E-state index in [2.05, 4.69) is 29.4 Å². The summed E-state index contributed by atoms with van der Waals surface area (Å²) in [6.45, 7) is 8.71. The van der Waals surface area contributed by atoms with Gasteiger partial charge in [-0.1, -0.05) is 43.0 Å². The van der Waals surface area contributed by atoms with E-state index in [0.29, 0.717) is 16.9 Å². The maximum Gasteiger partial charge on any atom is 0.231 e. The Balaban J connectivity index is 1.63. The first kappa shape index (κ1) is 19.8. The summed E-state index contributed by atoms with van der Waals surface area (Å²) in [6, 6.07) is 5.93. The van der Waals surface area contributed by atoms with Crippen LogP contribution in [0.25, 0.3) is 0 Å². The van der Waals surface area contributed by atoms with E-state index in [0.717, 1.165) is 22.0 Å². The molecular weight excluding hydrogens is 380 g/mol. The summed E-state index contributed by atoms with van der Waals surface area (Å²) in [5.41, 5.74) is 3.16. The fraction of sp³-hybridized carbons (Fsp3) is 0.474. The van der Waals surface area contributed by atoms with Gasteiger partial charge in [-0.25, -0.2) is 0 Å². The molecule has 3 rings (SSSR count). The molecule has 1 aromatic carbocycles. The number of rotatable bonds is 6. The fourth-order valence-corrected chi connectivity index (χ4v) is 4.80. The number of thioether (sulfide) groups is 1. The molecule has 0 saturated carbocycles. The molecule has 1 saturated heterocycles. The third-order valence-corrected chi connectivity index (χ3v) is 7.00. The van der Waals surface area contributed by atoms with Gasteiger partial charge >= 0.3 is 0 Å². The van der Waals surface area contributed by atoms with Crippen LogP contribution in [0.2, 0.25) is 0 Å². The number of amides is 2. The average Bonchev–Trinajstić information content (AvgIpc) is 3.23. The molecule has 0 aliphatic carbocycles. The second-order valence-corrected chi connectivity index (χ2v) is 9.54. The maximum atomic E-state index is 12.6. The lowest BCUT2D eigenvalue weighted by atomic mass is 10.1. The third kappa shape index (κ3) is 4.68. The molecule has 1 fully saturated rings. The maximum absolute atomic E-state index is 12.6. The summed E-state index contributed by atoms with van der Waals surface area (Å²) in [5.74, 6) is -0.580. The van der Waals surface area contributed by atoms with E-state index in [-0.39, 0.29) is 24.2 Å². The van der Waals surface area contributed by atoms with Crippen molar-refractivity contribution in [1.29, 1.82) is 0 Å². The van der Waals surface area contributed by atoms with E-state index in [1.54, 1.807) is 16.7 Å². The monoisotopic (exact) mass is 404 g/mol. The first-order valence-corrected chi connectivity index (χ1v) is 10.8. The topological polar surface area (TPSA) is 75.2 Å². The molecule has 0 bridgehead atoms. The minimum absolute atomic E-state index is 0.0244. The van der Waals surface area contributed by atoms with Gasteiger partial charge in [0.15, 0.2) is 4.34 Å². The van der Waals surface area contributed by atoms with Crippen LogP contribution in [-0.2, 0) is 9.59 Å². The Kier molecular flexibility index (Phi) is 6.16. The van der Waals surface area contributed by atoms with Gasteiger partial charge in [0.1, 0.15) is 0 Å². The van der Waals surface area contributed by atoms with E-state index >= 15 is 0 Å². The largest absolute Gasteiger partial charge is 0.312 e. The van der Waals surface area contributed by atoms with Crippen molar-refractivity contribution < 1.29 is 9.59 Å². The standard InChI is InChI=1S/C19H24N4O2S2/c1-5-13(4)26-19-22-21-18(27-19)20-17(25)14-9-16(24)23(10-14)15-7-6-11(2)12(3)8-15/h6-8,13-14H,5,9-10H2,1-4H3,(H,20,21,25)/t13-,14+/m0/s1. The minimum atomic E-state index is -0.381. The van der Waals surface area contributed by atoms with Crippen molar-refractivity contribution in [3.05, 3.63) is 29.3 Å². The number of anilines is 2.